The van der Waals surface area contributed by atoms with Crippen LogP contribution < -0.4 is 0 Å². The number of fused-ring (bicyclic) bond motifs is 2. The van der Waals surface area contributed by atoms with Crippen LogP contribution in [0.25, 0.3) is 0 Å². The standard InChI is InChI=1S/C25H42O6Si/c1-17-10-11-24(15-28-21(27)9-8-12-30-32(6,7)22(2,3)4)19(13-17)31-20-14-18(26)23(24,5)25(20)16-29-25/h13,18-20,26H,8-12,14-16H2,1-7H3/t18-,19-,20-,23-,24-,25?/m1/s1. The van der Waals surface area contributed by atoms with Crippen LogP contribution in [0.1, 0.15) is 66.7 Å². The Morgan fingerprint density at radius 1 is 1.34 bits per heavy atom. The molecule has 6 nitrogen and oxygen atoms in total. The highest BCUT2D eigenvalue weighted by Crippen LogP contribution is 2.71. The predicted molar refractivity (Wildman–Crippen MR) is 125 cm³/mol. The first-order valence-corrected chi connectivity index (χ1v) is 15.1. The van der Waals surface area contributed by atoms with Crippen molar-refractivity contribution in [2.75, 3.05) is 19.8 Å². The Morgan fingerprint density at radius 2 is 2.03 bits per heavy atom. The first kappa shape index (κ1) is 24.4. The zero-order valence-electron chi connectivity index (χ0n) is 21.0. The van der Waals surface area contributed by atoms with Gasteiger partial charge in [-0.05, 0) is 44.3 Å². The lowest BCUT2D eigenvalue weighted by atomic mass is 9.51. The van der Waals surface area contributed by atoms with Gasteiger partial charge in [-0.1, -0.05) is 39.3 Å². The zero-order valence-corrected chi connectivity index (χ0v) is 22.0. The van der Waals surface area contributed by atoms with Gasteiger partial charge in [-0.2, -0.15) is 0 Å². The average molecular weight is 467 g/mol. The second kappa shape index (κ2) is 7.91. The van der Waals surface area contributed by atoms with Crippen molar-refractivity contribution >= 4 is 14.3 Å². The third-order valence-electron chi connectivity index (χ3n) is 9.53. The average Bonchev–Trinajstić information content (AvgIpc) is 3.47. The summed E-state index contributed by atoms with van der Waals surface area (Å²) in [5, 5.41) is 11.3. The summed E-state index contributed by atoms with van der Waals surface area (Å²) in [7, 11) is -1.81. The van der Waals surface area contributed by atoms with E-state index in [1.54, 1.807) is 0 Å². The second-order valence-corrected chi connectivity index (χ2v) is 17.0. The number of hydrogen-bond acceptors (Lipinski definition) is 6. The first-order chi connectivity index (χ1) is 14.8. The van der Waals surface area contributed by atoms with Gasteiger partial charge in [-0.25, -0.2) is 0 Å². The monoisotopic (exact) mass is 466 g/mol. The van der Waals surface area contributed by atoms with Crippen LogP contribution >= 0.6 is 0 Å². The number of carbonyl (C=O) groups is 1. The number of carbonyl (C=O) groups excluding carboxylic acids is 1. The number of rotatable bonds is 7. The second-order valence-electron chi connectivity index (χ2n) is 12.2. The third-order valence-corrected chi connectivity index (χ3v) is 14.1. The molecule has 1 saturated carbocycles. The van der Waals surface area contributed by atoms with Crippen LogP contribution in [0.15, 0.2) is 11.6 Å². The van der Waals surface area contributed by atoms with Crippen molar-refractivity contribution in [1.29, 1.82) is 0 Å². The van der Waals surface area contributed by atoms with Gasteiger partial charge in [0.25, 0.3) is 0 Å². The highest BCUT2D eigenvalue weighted by Gasteiger charge is 2.81. The van der Waals surface area contributed by atoms with Gasteiger partial charge < -0.3 is 23.7 Å². The van der Waals surface area contributed by atoms with E-state index in [9.17, 15) is 9.90 Å². The number of ether oxygens (including phenoxy) is 3. The summed E-state index contributed by atoms with van der Waals surface area (Å²) in [4.78, 5) is 12.7. The lowest BCUT2D eigenvalue weighted by Crippen LogP contribution is -2.66. The number of hydrogen-bond donors (Lipinski definition) is 1. The Hall–Kier alpha value is -0.733. The number of esters is 1. The minimum Gasteiger partial charge on any atom is -0.465 e. The summed E-state index contributed by atoms with van der Waals surface area (Å²) in [6, 6.07) is 0. The molecule has 7 heteroatoms. The first-order valence-electron chi connectivity index (χ1n) is 12.2. The van der Waals surface area contributed by atoms with Crippen molar-refractivity contribution in [1.82, 2.24) is 0 Å². The van der Waals surface area contributed by atoms with Crippen LogP contribution in [-0.2, 0) is 23.4 Å². The molecular formula is C25H42O6Si. The molecule has 6 atom stereocenters. The number of aliphatic hydroxyl groups excluding tert-OH is 1. The minimum atomic E-state index is -1.81. The van der Waals surface area contributed by atoms with E-state index >= 15 is 0 Å². The van der Waals surface area contributed by atoms with E-state index in [-0.39, 0.29) is 29.8 Å². The third kappa shape index (κ3) is 3.54. The fraction of sp³-hybridized carbons (Fsp3) is 0.880. The van der Waals surface area contributed by atoms with Crippen LogP contribution in [0.2, 0.25) is 18.1 Å². The predicted octanol–water partition coefficient (Wildman–Crippen LogP) is 4.37. The molecule has 0 amide bonds. The molecule has 3 fully saturated rings. The topological polar surface area (TPSA) is 77.5 Å². The lowest BCUT2D eigenvalue weighted by molar-refractivity contribution is -0.230. The van der Waals surface area contributed by atoms with E-state index in [1.807, 2.05) is 0 Å². The van der Waals surface area contributed by atoms with Crippen molar-refractivity contribution in [3.05, 3.63) is 11.6 Å². The molecule has 1 spiro atoms. The van der Waals surface area contributed by atoms with Crippen LogP contribution in [-0.4, -0.2) is 63.1 Å². The molecule has 1 N–H and O–H groups in total. The van der Waals surface area contributed by atoms with Crippen LogP contribution in [0, 0.1) is 10.8 Å². The molecule has 2 aliphatic carbocycles. The quantitative estimate of drug-likeness (QED) is 0.197. The fourth-order valence-electron chi connectivity index (χ4n) is 6.04. The largest absolute Gasteiger partial charge is 0.465 e. The van der Waals surface area contributed by atoms with Crippen LogP contribution in [0.3, 0.4) is 0 Å². The number of allylic oxidation sites excluding steroid dienone is 1. The van der Waals surface area contributed by atoms with Gasteiger partial charge in [0, 0.05) is 30.3 Å². The Balaban J connectivity index is 1.40. The molecule has 32 heavy (non-hydrogen) atoms. The van der Waals surface area contributed by atoms with E-state index in [0.29, 0.717) is 32.5 Å². The van der Waals surface area contributed by atoms with E-state index in [2.05, 4.69) is 53.8 Å². The lowest BCUT2D eigenvalue weighted by Gasteiger charge is -2.58. The fourth-order valence-corrected chi connectivity index (χ4v) is 7.13. The Kier molecular flexibility index (Phi) is 6.03. The molecule has 182 valence electrons. The molecule has 2 bridgehead atoms. The minimum absolute atomic E-state index is 0.0917. The van der Waals surface area contributed by atoms with Gasteiger partial charge in [-0.3, -0.25) is 4.79 Å². The summed E-state index contributed by atoms with van der Waals surface area (Å²) in [5.74, 6) is -0.202. The molecule has 4 aliphatic rings. The van der Waals surface area contributed by atoms with Gasteiger partial charge >= 0.3 is 5.97 Å². The van der Waals surface area contributed by atoms with Gasteiger partial charge in [0.2, 0.25) is 0 Å². The Bertz CT molecular complexity index is 782. The van der Waals surface area contributed by atoms with E-state index in [1.165, 1.54) is 5.57 Å². The highest BCUT2D eigenvalue weighted by molar-refractivity contribution is 6.74. The molecule has 4 rings (SSSR count). The summed E-state index contributed by atoms with van der Waals surface area (Å²) >= 11 is 0. The molecule has 0 aromatic heterocycles. The van der Waals surface area contributed by atoms with E-state index < -0.39 is 30.9 Å². The number of aliphatic hydroxyl groups is 1. The highest BCUT2D eigenvalue weighted by atomic mass is 28.4. The van der Waals surface area contributed by atoms with E-state index in [0.717, 1.165) is 12.8 Å². The maximum absolute atomic E-state index is 12.7. The van der Waals surface area contributed by atoms with Crippen molar-refractivity contribution < 1.29 is 28.5 Å². The molecule has 1 unspecified atom stereocenters. The molecule has 2 saturated heterocycles. The van der Waals surface area contributed by atoms with Crippen molar-refractivity contribution in [3.63, 3.8) is 0 Å². The normalized spacial score (nSPS) is 40.8. The Labute approximate surface area is 194 Å². The van der Waals surface area contributed by atoms with Gasteiger partial charge in [0.05, 0.1) is 24.9 Å². The van der Waals surface area contributed by atoms with Gasteiger partial charge in [-0.15, -0.1) is 0 Å². The van der Waals surface area contributed by atoms with Crippen molar-refractivity contribution in [3.8, 4) is 0 Å². The van der Waals surface area contributed by atoms with Gasteiger partial charge in [0.15, 0.2) is 8.32 Å². The SMILES string of the molecule is CC1=C[C@H]2O[C@@H]3C[C@@H](O)[C@@](C)(C34CO4)[C@@]2(COC(=O)CCCO[Si](C)(C)C(C)(C)C)CC1. The molecule has 0 radical (unpaired) electrons. The molecule has 0 aromatic carbocycles. The zero-order chi connectivity index (χ0) is 23.6. The number of epoxide rings is 1. The van der Waals surface area contributed by atoms with E-state index in [4.69, 9.17) is 18.6 Å². The van der Waals surface area contributed by atoms with Gasteiger partial charge in [0.1, 0.15) is 12.2 Å². The summed E-state index contributed by atoms with van der Waals surface area (Å²) in [5.41, 5.74) is -0.102. The maximum Gasteiger partial charge on any atom is 0.305 e. The van der Waals surface area contributed by atoms with Crippen LogP contribution in [0.4, 0.5) is 0 Å². The van der Waals surface area contributed by atoms with Crippen molar-refractivity contribution in [2.45, 2.75) is 109 Å². The van der Waals surface area contributed by atoms with Crippen LogP contribution in [0.5, 0.6) is 0 Å². The summed E-state index contributed by atoms with van der Waals surface area (Å²) < 4.78 is 24.6. The maximum atomic E-state index is 12.7. The Morgan fingerprint density at radius 3 is 2.66 bits per heavy atom. The summed E-state index contributed by atoms with van der Waals surface area (Å²) in [6.07, 6.45) is 4.74. The smallest absolute Gasteiger partial charge is 0.305 e. The molecule has 0 aromatic rings. The summed E-state index contributed by atoms with van der Waals surface area (Å²) in [6.45, 7) is 16.8. The molecule has 2 aliphatic heterocycles. The molecular weight excluding hydrogens is 424 g/mol. The van der Waals surface area contributed by atoms with Crippen molar-refractivity contribution in [2.24, 2.45) is 10.8 Å². The molecule has 2 heterocycles.